The summed E-state index contributed by atoms with van der Waals surface area (Å²) in [7, 11) is 1.59. The molecule has 0 fully saturated rings. The molecule has 21 heavy (non-hydrogen) atoms. The van der Waals surface area contributed by atoms with Crippen molar-refractivity contribution in [2.24, 2.45) is 0 Å². The first-order valence-electron chi connectivity index (χ1n) is 6.11. The predicted molar refractivity (Wildman–Crippen MR) is 83.9 cm³/mol. The minimum atomic E-state index is -1.00. The van der Waals surface area contributed by atoms with E-state index in [9.17, 15) is 4.79 Å². The second-order valence-electron chi connectivity index (χ2n) is 4.11. The van der Waals surface area contributed by atoms with Crippen LogP contribution in [-0.4, -0.2) is 18.2 Å². The van der Waals surface area contributed by atoms with E-state index in [2.05, 4.69) is 15.9 Å². The van der Waals surface area contributed by atoms with Gasteiger partial charge in [0.2, 0.25) is 0 Å². The highest BCUT2D eigenvalue weighted by Crippen LogP contribution is 2.34. The fourth-order valence-corrected chi connectivity index (χ4v) is 2.12. The Labute approximate surface area is 130 Å². The molecule has 2 aromatic carbocycles. The summed E-state index contributed by atoms with van der Waals surface area (Å²) in [4.78, 5) is 10.6. The van der Waals surface area contributed by atoms with E-state index in [-0.39, 0.29) is 0 Å². The molecule has 4 nitrogen and oxygen atoms in total. The summed E-state index contributed by atoms with van der Waals surface area (Å²) in [5.41, 5.74) is 0.683. The highest BCUT2D eigenvalue weighted by atomic mass is 79.9. The van der Waals surface area contributed by atoms with Gasteiger partial charge in [-0.05, 0) is 46.3 Å². The first-order chi connectivity index (χ1) is 10.1. The van der Waals surface area contributed by atoms with Crippen LogP contribution in [-0.2, 0) is 4.79 Å². The van der Waals surface area contributed by atoms with Crippen LogP contribution in [0.3, 0.4) is 0 Å². The summed E-state index contributed by atoms with van der Waals surface area (Å²) < 4.78 is 11.7. The maximum atomic E-state index is 10.6. The minimum Gasteiger partial charge on any atom is -0.497 e. The smallest absolute Gasteiger partial charge is 0.328 e. The average Bonchev–Trinajstić information content (AvgIpc) is 2.48. The predicted octanol–water partition coefficient (Wildman–Crippen LogP) is 4.35. The second kappa shape index (κ2) is 6.95. The fourth-order valence-electron chi connectivity index (χ4n) is 1.68. The maximum Gasteiger partial charge on any atom is 0.328 e. The molecule has 0 unspecified atom stereocenters. The van der Waals surface area contributed by atoms with Gasteiger partial charge in [0.05, 0.1) is 11.6 Å². The number of benzene rings is 2. The van der Waals surface area contributed by atoms with Crippen LogP contribution in [0.4, 0.5) is 0 Å². The Bertz CT molecular complexity index is 680. The van der Waals surface area contributed by atoms with Gasteiger partial charge in [0.15, 0.2) is 0 Å². The van der Waals surface area contributed by atoms with E-state index in [1.807, 2.05) is 12.1 Å². The standard InChI is InChI=1S/C16H13BrO4/c1-20-12-7-8-15(13(17)10-12)21-14-5-3-2-4-11(14)6-9-16(18)19/h2-10H,1H3,(H,18,19)/b9-6+. The van der Waals surface area contributed by atoms with Crippen LogP contribution in [0.15, 0.2) is 53.0 Å². The van der Waals surface area contributed by atoms with Crippen molar-refractivity contribution in [2.45, 2.75) is 0 Å². The molecule has 0 aliphatic carbocycles. The lowest BCUT2D eigenvalue weighted by molar-refractivity contribution is -0.131. The quantitative estimate of drug-likeness (QED) is 0.816. The summed E-state index contributed by atoms with van der Waals surface area (Å²) in [5.74, 6) is 0.900. The topological polar surface area (TPSA) is 55.8 Å². The summed E-state index contributed by atoms with van der Waals surface area (Å²) >= 11 is 3.42. The van der Waals surface area contributed by atoms with Crippen LogP contribution in [0.25, 0.3) is 6.08 Å². The Morgan fingerprint density at radius 1 is 1.19 bits per heavy atom. The number of carboxylic acid groups (broad SMARTS) is 1. The van der Waals surface area contributed by atoms with Gasteiger partial charge in [0.1, 0.15) is 17.2 Å². The Balaban J connectivity index is 2.29. The van der Waals surface area contributed by atoms with Crippen molar-refractivity contribution in [3.8, 4) is 17.2 Å². The molecule has 0 saturated heterocycles. The van der Waals surface area contributed by atoms with Crippen LogP contribution >= 0.6 is 15.9 Å². The first-order valence-corrected chi connectivity index (χ1v) is 6.91. The van der Waals surface area contributed by atoms with Crippen molar-refractivity contribution in [3.05, 3.63) is 58.6 Å². The van der Waals surface area contributed by atoms with Crippen molar-refractivity contribution in [1.82, 2.24) is 0 Å². The molecule has 0 aliphatic rings. The molecule has 0 atom stereocenters. The highest BCUT2D eigenvalue weighted by Gasteiger charge is 2.07. The maximum absolute atomic E-state index is 10.6. The summed E-state index contributed by atoms with van der Waals surface area (Å²) in [6.45, 7) is 0. The van der Waals surface area contributed by atoms with Gasteiger partial charge in [-0.25, -0.2) is 4.79 Å². The molecule has 5 heteroatoms. The molecular formula is C16H13BrO4. The summed E-state index contributed by atoms with van der Waals surface area (Å²) in [6.07, 6.45) is 2.57. The molecule has 0 saturated carbocycles. The third-order valence-corrected chi connectivity index (χ3v) is 3.30. The van der Waals surface area contributed by atoms with Crippen molar-refractivity contribution in [1.29, 1.82) is 0 Å². The number of hydrogen-bond donors (Lipinski definition) is 1. The van der Waals surface area contributed by atoms with E-state index in [4.69, 9.17) is 14.6 Å². The lowest BCUT2D eigenvalue weighted by atomic mass is 10.2. The molecule has 108 valence electrons. The molecule has 0 spiro atoms. The van der Waals surface area contributed by atoms with Gasteiger partial charge in [-0.2, -0.15) is 0 Å². The van der Waals surface area contributed by atoms with E-state index in [0.717, 1.165) is 10.5 Å². The van der Waals surface area contributed by atoms with E-state index in [1.54, 1.807) is 37.4 Å². The number of para-hydroxylation sites is 1. The van der Waals surface area contributed by atoms with Crippen LogP contribution in [0.1, 0.15) is 5.56 Å². The molecule has 0 radical (unpaired) electrons. The van der Waals surface area contributed by atoms with Gasteiger partial charge in [0.25, 0.3) is 0 Å². The zero-order chi connectivity index (χ0) is 15.2. The second-order valence-corrected chi connectivity index (χ2v) is 4.96. The number of carbonyl (C=O) groups is 1. The summed E-state index contributed by atoms with van der Waals surface area (Å²) in [5, 5.41) is 8.71. The molecular weight excluding hydrogens is 336 g/mol. The van der Waals surface area contributed by atoms with Crippen molar-refractivity contribution in [2.75, 3.05) is 7.11 Å². The molecule has 0 amide bonds. The molecule has 2 rings (SSSR count). The average molecular weight is 349 g/mol. The zero-order valence-corrected chi connectivity index (χ0v) is 12.8. The Morgan fingerprint density at radius 2 is 1.95 bits per heavy atom. The number of hydrogen-bond acceptors (Lipinski definition) is 3. The van der Waals surface area contributed by atoms with Gasteiger partial charge in [-0.1, -0.05) is 18.2 Å². The van der Waals surface area contributed by atoms with Crippen LogP contribution in [0, 0.1) is 0 Å². The van der Waals surface area contributed by atoms with Gasteiger partial charge in [-0.3, -0.25) is 0 Å². The number of aliphatic carboxylic acids is 1. The third-order valence-electron chi connectivity index (χ3n) is 2.68. The molecule has 0 aromatic heterocycles. The Morgan fingerprint density at radius 3 is 2.62 bits per heavy atom. The van der Waals surface area contributed by atoms with Crippen LogP contribution in [0.5, 0.6) is 17.2 Å². The molecule has 1 N–H and O–H groups in total. The lowest BCUT2D eigenvalue weighted by Crippen LogP contribution is -1.91. The van der Waals surface area contributed by atoms with Gasteiger partial charge in [0, 0.05) is 11.6 Å². The number of halogens is 1. The van der Waals surface area contributed by atoms with E-state index >= 15 is 0 Å². The molecule has 0 heterocycles. The van der Waals surface area contributed by atoms with E-state index in [0.29, 0.717) is 22.8 Å². The van der Waals surface area contributed by atoms with E-state index in [1.165, 1.54) is 6.08 Å². The van der Waals surface area contributed by atoms with Gasteiger partial charge < -0.3 is 14.6 Å². The SMILES string of the molecule is COc1ccc(Oc2ccccc2/C=C/C(=O)O)c(Br)c1. The number of ether oxygens (including phenoxy) is 2. The molecule has 2 aromatic rings. The van der Waals surface area contributed by atoms with Gasteiger partial charge >= 0.3 is 5.97 Å². The Hall–Kier alpha value is -2.27. The monoisotopic (exact) mass is 348 g/mol. The number of carboxylic acids is 1. The van der Waals surface area contributed by atoms with Gasteiger partial charge in [-0.15, -0.1) is 0 Å². The Kier molecular flexibility index (Phi) is 5.00. The third kappa shape index (κ3) is 4.10. The van der Waals surface area contributed by atoms with E-state index < -0.39 is 5.97 Å². The minimum absolute atomic E-state index is 0.570. The van der Waals surface area contributed by atoms with Crippen molar-refractivity contribution in [3.63, 3.8) is 0 Å². The van der Waals surface area contributed by atoms with Crippen molar-refractivity contribution < 1.29 is 19.4 Å². The van der Waals surface area contributed by atoms with Crippen LogP contribution in [0.2, 0.25) is 0 Å². The van der Waals surface area contributed by atoms with Crippen molar-refractivity contribution >= 4 is 28.0 Å². The summed E-state index contributed by atoms with van der Waals surface area (Å²) in [6, 6.07) is 12.6. The molecule has 0 bridgehead atoms. The van der Waals surface area contributed by atoms with Crippen LogP contribution < -0.4 is 9.47 Å². The number of methoxy groups -OCH3 is 1. The number of rotatable bonds is 5. The fraction of sp³-hybridized carbons (Fsp3) is 0.0625. The first kappa shape index (κ1) is 15.1. The normalized spacial score (nSPS) is 10.6. The highest BCUT2D eigenvalue weighted by molar-refractivity contribution is 9.10. The molecule has 0 aliphatic heterocycles. The largest absolute Gasteiger partial charge is 0.497 e. The lowest BCUT2D eigenvalue weighted by Gasteiger charge is -2.11. The zero-order valence-electron chi connectivity index (χ0n) is 11.2.